The van der Waals surface area contributed by atoms with Crippen molar-refractivity contribution in [2.24, 2.45) is 7.05 Å². The van der Waals surface area contributed by atoms with Gasteiger partial charge in [-0.05, 0) is 30.3 Å². The summed E-state index contributed by atoms with van der Waals surface area (Å²) < 4.78 is 26.6. The number of thioether (sulfide) groups is 1. The Morgan fingerprint density at radius 2 is 1.93 bits per heavy atom. The molecule has 0 aliphatic carbocycles. The Balaban J connectivity index is 1.48. The SMILES string of the molecule is Cn1c(SCC(=O)c2ccc3c(c2)OCCO3)nnc1-c1ccccc1F. The molecule has 1 aromatic heterocycles. The lowest BCUT2D eigenvalue weighted by atomic mass is 10.1. The van der Waals surface area contributed by atoms with Crippen molar-refractivity contribution in [3.8, 4) is 22.9 Å². The van der Waals surface area contributed by atoms with Crippen LogP contribution in [0.2, 0.25) is 0 Å². The number of hydrogen-bond acceptors (Lipinski definition) is 6. The van der Waals surface area contributed by atoms with Crippen LogP contribution in [-0.2, 0) is 7.05 Å². The summed E-state index contributed by atoms with van der Waals surface area (Å²) >= 11 is 1.25. The number of benzene rings is 2. The Labute approximate surface area is 159 Å². The summed E-state index contributed by atoms with van der Waals surface area (Å²) in [5.74, 6) is 1.40. The van der Waals surface area contributed by atoms with E-state index in [4.69, 9.17) is 9.47 Å². The number of hydrogen-bond donors (Lipinski definition) is 0. The lowest BCUT2D eigenvalue weighted by molar-refractivity contribution is 0.102. The zero-order valence-corrected chi connectivity index (χ0v) is 15.3. The van der Waals surface area contributed by atoms with Crippen LogP contribution in [0.15, 0.2) is 47.6 Å². The summed E-state index contributed by atoms with van der Waals surface area (Å²) in [5.41, 5.74) is 0.917. The van der Waals surface area contributed by atoms with Crippen LogP contribution in [-0.4, -0.2) is 39.5 Å². The molecule has 3 aromatic rings. The third-order valence-electron chi connectivity index (χ3n) is 4.15. The Bertz CT molecular complexity index is 1010. The molecule has 1 aliphatic heterocycles. The molecule has 0 saturated heterocycles. The van der Waals surface area contributed by atoms with E-state index in [0.29, 0.717) is 46.8 Å². The number of ether oxygens (including phenoxy) is 2. The maximum Gasteiger partial charge on any atom is 0.191 e. The summed E-state index contributed by atoms with van der Waals surface area (Å²) in [6, 6.07) is 11.5. The fraction of sp³-hybridized carbons (Fsp3) is 0.211. The minimum Gasteiger partial charge on any atom is -0.486 e. The predicted molar refractivity (Wildman–Crippen MR) is 98.9 cm³/mol. The summed E-state index contributed by atoms with van der Waals surface area (Å²) in [6.07, 6.45) is 0. The molecule has 0 N–H and O–H groups in total. The lowest BCUT2D eigenvalue weighted by Crippen LogP contribution is -2.16. The standard InChI is InChI=1S/C19H16FN3O3S/c1-23-18(13-4-2-3-5-14(13)20)21-22-19(23)27-11-15(24)12-6-7-16-17(10-12)26-9-8-25-16/h2-7,10H,8-9,11H2,1H3. The molecule has 2 heterocycles. The van der Waals surface area contributed by atoms with Crippen LogP contribution >= 0.6 is 11.8 Å². The number of fused-ring (bicyclic) bond motifs is 1. The molecule has 0 fully saturated rings. The molecule has 8 heteroatoms. The highest BCUT2D eigenvalue weighted by Crippen LogP contribution is 2.31. The molecule has 2 aromatic carbocycles. The summed E-state index contributed by atoms with van der Waals surface area (Å²) in [7, 11) is 1.75. The van der Waals surface area contributed by atoms with Gasteiger partial charge in [-0.1, -0.05) is 23.9 Å². The van der Waals surface area contributed by atoms with Gasteiger partial charge >= 0.3 is 0 Å². The van der Waals surface area contributed by atoms with Gasteiger partial charge in [0.2, 0.25) is 0 Å². The van der Waals surface area contributed by atoms with Crippen LogP contribution in [0.1, 0.15) is 10.4 Å². The number of Topliss-reactive ketones (excluding diaryl/α,β-unsaturated/α-hetero) is 1. The van der Waals surface area contributed by atoms with Crippen LogP contribution < -0.4 is 9.47 Å². The zero-order valence-electron chi connectivity index (χ0n) is 14.5. The van der Waals surface area contributed by atoms with Crippen molar-refractivity contribution in [3.63, 3.8) is 0 Å². The van der Waals surface area contributed by atoms with E-state index < -0.39 is 0 Å². The van der Waals surface area contributed by atoms with E-state index in [0.717, 1.165) is 0 Å². The first kappa shape index (κ1) is 17.5. The lowest BCUT2D eigenvalue weighted by Gasteiger charge is -2.18. The van der Waals surface area contributed by atoms with Crippen molar-refractivity contribution in [2.75, 3.05) is 19.0 Å². The second kappa shape index (κ2) is 7.40. The number of aromatic nitrogens is 3. The van der Waals surface area contributed by atoms with Crippen molar-refractivity contribution in [1.82, 2.24) is 14.8 Å². The number of carbonyl (C=O) groups excluding carboxylic acids is 1. The van der Waals surface area contributed by atoms with Crippen molar-refractivity contribution in [1.29, 1.82) is 0 Å². The molecule has 0 unspecified atom stereocenters. The highest BCUT2D eigenvalue weighted by molar-refractivity contribution is 7.99. The Morgan fingerprint density at radius 3 is 2.74 bits per heavy atom. The Morgan fingerprint density at radius 1 is 1.15 bits per heavy atom. The van der Waals surface area contributed by atoms with Crippen molar-refractivity contribution < 1.29 is 18.7 Å². The van der Waals surface area contributed by atoms with Gasteiger partial charge in [-0.15, -0.1) is 10.2 Å². The zero-order chi connectivity index (χ0) is 18.8. The molecule has 0 radical (unpaired) electrons. The van der Waals surface area contributed by atoms with E-state index in [2.05, 4.69) is 10.2 Å². The van der Waals surface area contributed by atoms with Gasteiger partial charge in [0, 0.05) is 12.6 Å². The molecule has 0 bridgehead atoms. The normalized spacial score (nSPS) is 12.8. The van der Waals surface area contributed by atoms with Gasteiger partial charge in [0.05, 0.1) is 11.3 Å². The number of rotatable bonds is 5. The minimum atomic E-state index is -0.364. The molecular formula is C19H16FN3O3S. The summed E-state index contributed by atoms with van der Waals surface area (Å²) in [6.45, 7) is 0.976. The molecule has 0 amide bonds. The van der Waals surface area contributed by atoms with Crippen molar-refractivity contribution >= 4 is 17.5 Å². The molecule has 0 atom stereocenters. The first-order valence-corrected chi connectivity index (χ1v) is 9.32. The number of nitrogens with zero attached hydrogens (tertiary/aromatic N) is 3. The second-order valence-electron chi connectivity index (χ2n) is 5.92. The van der Waals surface area contributed by atoms with E-state index in [-0.39, 0.29) is 17.4 Å². The van der Waals surface area contributed by atoms with E-state index in [1.807, 2.05) is 0 Å². The van der Waals surface area contributed by atoms with Gasteiger partial charge in [-0.2, -0.15) is 0 Å². The average Bonchev–Trinajstić information content (AvgIpc) is 3.06. The fourth-order valence-electron chi connectivity index (χ4n) is 2.75. The van der Waals surface area contributed by atoms with E-state index in [1.165, 1.54) is 17.8 Å². The smallest absolute Gasteiger partial charge is 0.191 e. The van der Waals surface area contributed by atoms with E-state index >= 15 is 0 Å². The van der Waals surface area contributed by atoms with E-state index in [9.17, 15) is 9.18 Å². The highest BCUT2D eigenvalue weighted by Gasteiger charge is 2.18. The van der Waals surface area contributed by atoms with Crippen LogP contribution in [0.3, 0.4) is 0 Å². The van der Waals surface area contributed by atoms with Gasteiger partial charge in [0.25, 0.3) is 0 Å². The largest absolute Gasteiger partial charge is 0.486 e. The quantitative estimate of drug-likeness (QED) is 0.496. The molecule has 27 heavy (non-hydrogen) atoms. The Kier molecular flexibility index (Phi) is 4.81. The van der Waals surface area contributed by atoms with Gasteiger partial charge in [-0.25, -0.2) is 4.39 Å². The monoisotopic (exact) mass is 385 g/mol. The second-order valence-corrected chi connectivity index (χ2v) is 6.86. The molecular weight excluding hydrogens is 369 g/mol. The van der Waals surface area contributed by atoms with Crippen molar-refractivity contribution in [3.05, 3.63) is 53.8 Å². The maximum absolute atomic E-state index is 14.0. The topological polar surface area (TPSA) is 66.2 Å². The molecule has 4 rings (SSSR count). The maximum atomic E-state index is 14.0. The van der Waals surface area contributed by atoms with Gasteiger partial charge in [-0.3, -0.25) is 4.79 Å². The summed E-state index contributed by atoms with van der Waals surface area (Å²) in [5, 5.41) is 8.68. The van der Waals surface area contributed by atoms with Gasteiger partial charge in [0.1, 0.15) is 19.0 Å². The predicted octanol–water partition coefficient (Wildman–Crippen LogP) is 3.37. The number of carbonyl (C=O) groups is 1. The number of halogens is 1. The molecule has 0 spiro atoms. The third kappa shape index (κ3) is 3.52. The van der Waals surface area contributed by atoms with Crippen LogP contribution in [0.25, 0.3) is 11.4 Å². The molecule has 138 valence electrons. The minimum absolute atomic E-state index is 0.0626. The number of ketones is 1. The first-order chi connectivity index (χ1) is 13.1. The summed E-state index contributed by atoms with van der Waals surface area (Å²) in [4.78, 5) is 12.5. The molecule has 1 aliphatic rings. The average molecular weight is 385 g/mol. The van der Waals surface area contributed by atoms with Gasteiger partial charge < -0.3 is 14.0 Å². The van der Waals surface area contributed by atoms with Crippen LogP contribution in [0.5, 0.6) is 11.5 Å². The van der Waals surface area contributed by atoms with E-state index in [1.54, 1.807) is 48.0 Å². The van der Waals surface area contributed by atoms with Crippen molar-refractivity contribution in [2.45, 2.75) is 5.16 Å². The third-order valence-corrected chi connectivity index (χ3v) is 5.17. The Hall–Kier alpha value is -2.87. The highest BCUT2D eigenvalue weighted by atomic mass is 32.2. The van der Waals surface area contributed by atoms with Gasteiger partial charge in [0.15, 0.2) is 28.3 Å². The van der Waals surface area contributed by atoms with Crippen LogP contribution in [0.4, 0.5) is 4.39 Å². The molecule has 0 saturated carbocycles. The fourth-order valence-corrected chi connectivity index (χ4v) is 3.55. The first-order valence-electron chi connectivity index (χ1n) is 8.33. The molecule has 6 nitrogen and oxygen atoms in total. The van der Waals surface area contributed by atoms with Crippen LogP contribution in [0, 0.1) is 5.82 Å².